The standard InChI is InChI=1S/C20H19N7O2S/c1-2-27(30)20(29)25-18-8-7-16-19(24-18)23-17(10-21-16)14-9-22-26(12-14)11-13-3-5-15(28)6-4-13/h3-10,12,28,30H,2,11H2,1H3,(H,23,24,25,29). The van der Waals surface area contributed by atoms with Crippen LogP contribution in [0, 0.1) is 0 Å². The van der Waals surface area contributed by atoms with Gasteiger partial charge in [-0.05, 0) is 36.8 Å². The van der Waals surface area contributed by atoms with Gasteiger partial charge in [-0.1, -0.05) is 24.9 Å². The highest BCUT2D eigenvalue weighted by molar-refractivity contribution is 7.78. The fourth-order valence-electron chi connectivity index (χ4n) is 2.79. The maximum atomic E-state index is 12.0. The molecule has 152 valence electrons. The number of phenolic OH excluding ortho intramolecular Hbond substituents is 1. The van der Waals surface area contributed by atoms with Gasteiger partial charge >= 0.3 is 6.03 Å². The second-order valence-electron chi connectivity index (χ2n) is 6.53. The summed E-state index contributed by atoms with van der Waals surface area (Å²) in [4.78, 5) is 25.3. The molecule has 3 heterocycles. The van der Waals surface area contributed by atoms with Crippen LogP contribution in [0.2, 0.25) is 0 Å². The van der Waals surface area contributed by atoms with Gasteiger partial charge in [0, 0.05) is 18.3 Å². The van der Waals surface area contributed by atoms with E-state index in [4.69, 9.17) is 0 Å². The highest BCUT2D eigenvalue weighted by atomic mass is 32.1. The number of hydrogen-bond acceptors (Lipinski definition) is 7. The number of phenols is 1. The van der Waals surface area contributed by atoms with E-state index in [0.29, 0.717) is 35.8 Å². The topological polar surface area (TPSA) is 109 Å². The lowest BCUT2D eigenvalue weighted by atomic mass is 10.2. The van der Waals surface area contributed by atoms with Crippen LogP contribution >= 0.6 is 12.8 Å². The van der Waals surface area contributed by atoms with Gasteiger partial charge in [-0.25, -0.2) is 14.8 Å². The van der Waals surface area contributed by atoms with Crippen LogP contribution in [0.5, 0.6) is 5.75 Å². The molecule has 0 aliphatic heterocycles. The summed E-state index contributed by atoms with van der Waals surface area (Å²) in [6.45, 7) is 2.84. The number of aromatic hydroxyl groups is 1. The summed E-state index contributed by atoms with van der Waals surface area (Å²) in [5, 5.41) is 16.4. The number of nitrogens with one attached hydrogen (secondary N) is 1. The summed E-state index contributed by atoms with van der Waals surface area (Å²) in [7, 11) is 0. The van der Waals surface area contributed by atoms with Crippen molar-refractivity contribution in [2.75, 3.05) is 11.9 Å². The third-order valence-electron chi connectivity index (χ3n) is 4.39. The molecule has 2 N–H and O–H groups in total. The molecule has 9 nitrogen and oxygen atoms in total. The molecule has 0 saturated carbocycles. The summed E-state index contributed by atoms with van der Waals surface area (Å²) in [6, 6.07) is 10.0. The predicted octanol–water partition coefficient (Wildman–Crippen LogP) is 3.34. The molecule has 0 aliphatic carbocycles. The Kier molecular flexibility index (Phi) is 5.48. The molecule has 0 unspecified atom stereocenters. The zero-order valence-corrected chi connectivity index (χ0v) is 17.0. The Morgan fingerprint density at radius 1 is 1.17 bits per heavy atom. The Hall–Kier alpha value is -3.66. The average molecular weight is 421 g/mol. The number of amides is 2. The third kappa shape index (κ3) is 4.33. The normalized spacial score (nSPS) is 10.9. The molecule has 0 atom stereocenters. The van der Waals surface area contributed by atoms with Crippen LogP contribution in [0.1, 0.15) is 12.5 Å². The van der Waals surface area contributed by atoms with Crippen molar-refractivity contribution in [3.63, 3.8) is 0 Å². The molecule has 0 aliphatic rings. The lowest BCUT2D eigenvalue weighted by Gasteiger charge is -2.13. The van der Waals surface area contributed by atoms with E-state index in [1.165, 1.54) is 4.31 Å². The summed E-state index contributed by atoms with van der Waals surface area (Å²) in [6.07, 6.45) is 5.24. The summed E-state index contributed by atoms with van der Waals surface area (Å²) in [5.74, 6) is 0.598. The van der Waals surface area contributed by atoms with Crippen molar-refractivity contribution in [1.82, 2.24) is 29.0 Å². The Morgan fingerprint density at radius 3 is 2.73 bits per heavy atom. The molecule has 0 saturated heterocycles. The zero-order valence-electron chi connectivity index (χ0n) is 16.1. The molecule has 0 bridgehead atoms. The van der Waals surface area contributed by atoms with Crippen LogP contribution in [-0.2, 0) is 6.54 Å². The molecule has 2 amide bonds. The number of carbonyl (C=O) groups excluding carboxylic acids is 1. The maximum absolute atomic E-state index is 12.0. The van der Waals surface area contributed by atoms with Crippen molar-refractivity contribution in [2.45, 2.75) is 13.5 Å². The van der Waals surface area contributed by atoms with E-state index in [-0.39, 0.29) is 11.8 Å². The second-order valence-corrected chi connectivity index (χ2v) is 7.02. The van der Waals surface area contributed by atoms with Crippen LogP contribution in [0.3, 0.4) is 0 Å². The number of carbonyl (C=O) groups is 1. The number of thiol groups is 1. The van der Waals surface area contributed by atoms with E-state index in [0.717, 1.165) is 11.1 Å². The number of hydrogen-bond donors (Lipinski definition) is 3. The van der Waals surface area contributed by atoms with E-state index in [9.17, 15) is 9.90 Å². The van der Waals surface area contributed by atoms with Gasteiger partial charge in [0.25, 0.3) is 0 Å². The van der Waals surface area contributed by atoms with Gasteiger partial charge in [0.15, 0.2) is 5.65 Å². The Balaban J connectivity index is 1.56. The minimum atomic E-state index is -0.368. The van der Waals surface area contributed by atoms with Gasteiger partial charge in [-0.15, -0.1) is 0 Å². The highest BCUT2D eigenvalue weighted by Gasteiger charge is 2.11. The first-order valence-electron chi connectivity index (χ1n) is 9.24. The van der Waals surface area contributed by atoms with E-state index >= 15 is 0 Å². The number of benzene rings is 1. The smallest absolute Gasteiger partial charge is 0.332 e. The summed E-state index contributed by atoms with van der Waals surface area (Å²) < 4.78 is 3.03. The minimum absolute atomic E-state index is 0.228. The lowest BCUT2D eigenvalue weighted by molar-refractivity contribution is 0.240. The number of anilines is 1. The first-order valence-corrected chi connectivity index (χ1v) is 9.64. The third-order valence-corrected chi connectivity index (χ3v) is 4.85. The predicted molar refractivity (Wildman–Crippen MR) is 116 cm³/mol. The van der Waals surface area contributed by atoms with Crippen molar-refractivity contribution in [3.8, 4) is 17.0 Å². The van der Waals surface area contributed by atoms with Crippen LogP contribution in [-0.4, -0.2) is 46.7 Å². The van der Waals surface area contributed by atoms with E-state index in [1.807, 2.05) is 25.3 Å². The molecule has 10 heteroatoms. The largest absolute Gasteiger partial charge is 0.508 e. The highest BCUT2D eigenvalue weighted by Crippen LogP contribution is 2.20. The monoisotopic (exact) mass is 421 g/mol. The first-order chi connectivity index (χ1) is 14.5. The van der Waals surface area contributed by atoms with Crippen LogP contribution in [0.15, 0.2) is 55.0 Å². The molecule has 0 radical (unpaired) electrons. The molecule has 0 fully saturated rings. The van der Waals surface area contributed by atoms with Crippen molar-refractivity contribution < 1.29 is 9.90 Å². The molecule has 4 aromatic rings. The lowest BCUT2D eigenvalue weighted by Crippen LogP contribution is -2.27. The van der Waals surface area contributed by atoms with Gasteiger partial charge in [0.2, 0.25) is 0 Å². The first kappa shape index (κ1) is 19.6. The minimum Gasteiger partial charge on any atom is -0.508 e. The number of nitrogens with zero attached hydrogens (tertiary/aromatic N) is 6. The van der Waals surface area contributed by atoms with Crippen molar-refractivity contribution in [3.05, 3.63) is 60.6 Å². The quantitative estimate of drug-likeness (QED) is 0.427. The van der Waals surface area contributed by atoms with E-state index in [1.54, 1.807) is 41.3 Å². The SMILES string of the molecule is CCN(S)C(=O)Nc1ccc2ncc(-c3cnn(Cc4ccc(O)cc4)c3)nc2n1. The van der Waals surface area contributed by atoms with Gasteiger partial charge in [-0.3, -0.25) is 19.3 Å². The fraction of sp³-hybridized carbons (Fsp3) is 0.150. The molecule has 4 rings (SSSR count). The van der Waals surface area contributed by atoms with Gasteiger partial charge in [0.05, 0.1) is 24.6 Å². The Bertz CT molecular complexity index is 1190. The molecule has 0 spiro atoms. The Morgan fingerprint density at radius 2 is 1.97 bits per heavy atom. The van der Waals surface area contributed by atoms with E-state index < -0.39 is 0 Å². The van der Waals surface area contributed by atoms with Crippen molar-refractivity contribution >= 4 is 35.8 Å². The number of urea groups is 1. The number of rotatable bonds is 5. The maximum Gasteiger partial charge on any atom is 0.332 e. The Labute approximate surface area is 178 Å². The van der Waals surface area contributed by atoms with Crippen LogP contribution < -0.4 is 5.32 Å². The van der Waals surface area contributed by atoms with Crippen LogP contribution in [0.25, 0.3) is 22.4 Å². The molecular formula is C20H19N7O2S. The molecule has 1 aromatic carbocycles. The molecule has 30 heavy (non-hydrogen) atoms. The molecule has 3 aromatic heterocycles. The number of fused-ring (bicyclic) bond motifs is 1. The van der Waals surface area contributed by atoms with Crippen molar-refractivity contribution in [2.24, 2.45) is 0 Å². The van der Waals surface area contributed by atoms with Gasteiger partial charge in [-0.2, -0.15) is 5.10 Å². The number of aromatic nitrogens is 5. The average Bonchev–Trinajstić information content (AvgIpc) is 3.22. The van der Waals surface area contributed by atoms with Crippen molar-refractivity contribution in [1.29, 1.82) is 0 Å². The second kappa shape index (κ2) is 8.37. The van der Waals surface area contributed by atoms with E-state index in [2.05, 4.69) is 38.2 Å². The summed E-state index contributed by atoms with van der Waals surface area (Å²) >= 11 is 4.08. The van der Waals surface area contributed by atoms with Gasteiger partial charge < -0.3 is 5.11 Å². The zero-order chi connectivity index (χ0) is 21.1. The van der Waals surface area contributed by atoms with Crippen LogP contribution in [0.4, 0.5) is 10.6 Å². The van der Waals surface area contributed by atoms with Gasteiger partial charge in [0.1, 0.15) is 17.1 Å². The number of pyridine rings is 1. The fourth-order valence-corrected chi connectivity index (χ4v) is 2.84. The molecular weight excluding hydrogens is 402 g/mol. The summed E-state index contributed by atoms with van der Waals surface area (Å²) in [5.41, 5.74) is 3.47.